The molecule has 92 valence electrons. The number of amides is 1. The minimum atomic E-state index is -0.651. The number of nitrogens with two attached hydrogens (primary N) is 1. The average Bonchev–Trinajstić information content (AvgIpc) is 2.51. The molecule has 5 heteroatoms. The molecular weight excluding hydrogens is 220 g/mol. The number of benzene rings is 1. The third-order valence-corrected chi connectivity index (χ3v) is 2.31. The monoisotopic (exact) mass is 236 g/mol. The minimum absolute atomic E-state index is 0.106. The lowest BCUT2D eigenvalue weighted by Gasteiger charge is -2.16. The number of hydrogen-bond donors (Lipinski definition) is 2. The van der Waals surface area contributed by atoms with Crippen LogP contribution in [0.2, 0.25) is 0 Å². The van der Waals surface area contributed by atoms with E-state index in [-0.39, 0.29) is 5.91 Å². The van der Waals surface area contributed by atoms with E-state index in [2.05, 4.69) is 5.32 Å². The molecule has 0 aliphatic carbocycles. The van der Waals surface area contributed by atoms with E-state index >= 15 is 0 Å². The highest BCUT2D eigenvalue weighted by molar-refractivity contribution is 5.91. The van der Waals surface area contributed by atoms with Gasteiger partial charge in [0.15, 0.2) is 11.5 Å². The Morgan fingerprint density at radius 1 is 1.35 bits per heavy atom. The molecule has 0 radical (unpaired) electrons. The Morgan fingerprint density at radius 3 is 2.76 bits per heavy atom. The summed E-state index contributed by atoms with van der Waals surface area (Å²) in [6, 6.07) is 5.30. The van der Waals surface area contributed by atoms with Crippen molar-refractivity contribution in [2.45, 2.75) is 26.1 Å². The molecule has 1 amide bonds. The lowest BCUT2D eigenvalue weighted by molar-refractivity contribution is -0.116. The second-order valence-corrected chi connectivity index (χ2v) is 4.35. The number of carbonyl (C=O) groups is 1. The highest BCUT2D eigenvalue weighted by Crippen LogP contribution is 2.40. The fourth-order valence-corrected chi connectivity index (χ4v) is 1.65. The molecule has 1 heterocycles. The summed E-state index contributed by atoms with van der Waals surface area (Å²) >= 11 is 0. The first kappa shape index (κ1) is 11.7. The fourth-order valence-electron chi connectivity index (χ4n) is 1.65. The van der Waals surface area contributed by atoms with E-state index in [1.165, 1.54) is 0 Å². The first-order valence-electron chi connectivity index (χ1n) is 5.52. The highest BCUT2D eigenvalue weighted by atomic mass is 16.7. The zero-order valence-corrected chi connectivity index (χ0v) is 9.95. The van der Waals surface area contributed by atoms with Gasteiger partial charge in [-0.3, -0.25) is 4.79 Å². The molecule has 0 fully saturated rings. The molecule has 3 N–H and O–H groups in total. The Hall–Kier alpha value is -1.75. The first-order chi connectivity index (χ1) is 8.00. The molecule has 2 rings (SSSR count). The van der Waals surface area contributed by atoms with E-state index in [0.29, 0.717) is 30.2 Å². The van der Waals surface area contributed by atoms with Gasteiger partial charge in [0.1, 0.15) is 0 Å². The van der Waals surface area contributed by atoms with Crippen LogP contribution in [0.4, 0.5) is 5.69 Å². The lowest BCUT2D eigenvalue weighted by Crippen LogP contribution is -2.29. The van der Waals surface area contributed by atoms with Crippen LogP contribution in [-0.4, -0.2) is 18.2 Å². The van der Waals surface area contributed by atoms with Crippen molar-refractivity contribution >= 4 is 11.6 Å². The van der Waals surface area contributed by atoms with Crippen molar-refractivity contribution in [2.75, 3.05) is 11.9 Å². The van der Waals surface area contributed by atoms with Crippen molar-refractivity contribution in [3.05, 3.63) is 18.2 Å². The van der Waals surface area contributed by atoms with Crippen molar-refractivity contribution in [1.82, 2.24) is 0 Å². The summed E-state index contributed by atoms with van der Waals surface area (Å²) in [7, 11) is 0. The predicted octanol–water partition coefficient (Wildman–Crippen LogP) is 1.48. The first-order valence-corrected chi connectivity index (χ1v) is 5.52. The van der Waals surface area contributed by atoms with E-state index in [0.717, 1.165) is 0 Å². The lowest BCUT2D eigenvalue weighted by atomic mass is 10.2. The summed E-state index contributed by atoms with van der Waals surface area (Å²) in [4.78, 5) is 11.4. The van der Waals surface area contributed by atoms with Gasteiger partial charge in [0.05, 0.1) is 0 Å². The Morgan fingerprint density at radius 2 is 2.06 bits per heavy atom. The zero-order valence-electron chi connectivity index (χ0n) is 9.95. The Labute approximate surface area is 99.9 Å². The smallest absolute Gasteiger partial charge is 0.246 e. The highest BCUT2D eigenvalue weighted by Gasteiger charge is 2.31. The zero-order chi connectivity index (χ0) is 12.5. The maximum atomic E-state index is 11.4. The molecule has 1 aromatic carbocycles. The van der Waals surface area contributed by atoms with Gasteiger partial charge in [-0.05, 0) is 12.1 Å². The van der Waals surface area contributed by atoms with Crippen LogP contribution in [0, 0.1) is 0 Å². The van der Waals surface area contributed by atoms with Crippen molar-refractivity contribution < 1.29 is 14.3 Å². The van der Waals surface area contributed by atoms with Crippen LogP contribution in [0.1, 0.15) is 20.3 Å². The largest absolute Gasteiger partial charge is 0.449 e. The number of hydrogen-bond acceptors (Lipinski definition) is 4. The van der Waals surface area contributed by atoms with Crippen molar-refractivity contribution in [3.63, 3.8) is 0 Å². The molecular formula is C12H16N2O3. The van der Waals surface area contributed by atoms with E-state index in [9.17, 15) is 4.79 Å². The van der Waals surface area contributed by atoms with Crippen molar-refractivity contribution in [1.29, 1.82) is 0 Å². The summed E-state index contributed by atoms with van der Waals surface area (Å²) in [5, 5.41) is 2.75. The van der Waals surface area contributed by atoms with Gasteiger partial charge in [-0.15, -0.1) is 0 Å². The Kier molecular flexibility index (Phi) is 2.93. The maximum Gasteiger partial charge on any atom is 0.246 e. The number of carbonyl (C=O) groups excluding carboxylic acids is 1. The second-order valence-electron chi connectivity index (χ2n) is 4.35. The minimum Gasteiger partial charge on any atom is -0.449 e. The summed E-state index contributed by atoms with van der Waals surface area (Å²) in [6.07, 6.45) is 0.305. The average molecular weight is 236 g/mol. The quantitative estimate of drug-likeness (QED) is 0.833. The molecule has 17 heavy (non-hydrogen) atoms. The van der Waals surface area contributed by atoms with Gasteiger partial charge < -0.3 is 20.5 Å². The molecule has 1 aliphatic heterocycles. The van der Waals surface area contributed by atoms with Crippen LogP contribution in [0.5, 0.6) is 11.5 Å². The molecule has 0 atom stereocenters. The molecule has 0 aromatic heterocycles. The van der Waals surface area contributed by atoms with Crippen molar-refractivity contribution in [2.24, 2.45) is 5.73 Å². The predicted molar refractivity (Wildman–Crippen MR) is 64.1 cm³/mol. The van der Waals surface area contributed by atoms with Gasteiger partial charge in [0.2, 0.25) is 11.7 Å². The number of anilines is 1. The van der Waals surface area contributed by atoms with Gasteiger partial charge >= 0.3 is 0 Å². The van der Waals surface area contributed by atoms with Crippen LogP contribution in [-0.2, 0) is 4.79 Å². The Balaban J connectivity index is 2.11. The van der Waals surface area contributed by atoms with Crippen LogP contribution >= 0.6 is 0 Å². The Bertz CT molecular complexity index is 443. The van der Waals surface area contributed by atoms with Crippen molar-refractivity contribution in [3.8, 4) is 11.5 Å². The molecule has 0 bridgehead atoms. The van der Waals surface area contributed by atoms with Gasteiger partial charge in [-0.2, -0.15) is 0 Å². The topological polar surface area (TPSA) is 73.6 Å². The summed E-state index contributed by atoms with van der Waals surface area (Å²) in [5.74, 6) is 0.570. The fraction of sp³-hybridized carbons (Fsp3) is 0.417. The normalized spacial score (nSPS) is 15.7. The van der Waals surface area contributed by atoms with E-state index in [1.54, 1.807) is 18.2 Å². The number of ether oxygens (including phenoxy) is 2. The molecule has 0 saturated heterocycles. The van der Waals surface area contributed by atoms with Gasteiger partial charge in [-0.25, -0.2) is 0 Å². The van der Waals surface area contributed by atoms with E-state index < -0.39 is 5.79 Å². The SMILES string of the molecule is CC1(C)Oc2ccc(NC(=O)CCN)cc2O1. The van der Waals surface area contributed by atoms with Crippen LogP contribution < -0.4 is 20.5 Å². The van der Waals surface area contributed by atoms with Gasteiger partial charge in [0, 0.05) is 38.6 Å². The van der Waals surface area contributed by atoms with Gasteiger partial charge in [-0.1, -0.05) is 0 Å². The summed E-state index contributed by atoms with van der Waals surface area (Å²) in [6.45, 7) is 4.00. The third-order valence-electron chi connectivity index (χ3n) is 2.31. The molecule has 1 aromatic rings. The molecule has 0 unspecified atom stereocenters. The standard InChI is InChI=1S/C12H16N2O3/c1-12(2)16-9-4-3-8(7-10(9)17-12)14-11(15)5-6-13/h3-4,7H,5-6,13H2,1-2H3,(H,14,15). The summed E-state index contributed by atoms with van der Waals surface area (Å²) < 4.78 is 11.1. The number of fused-ring (bicyclic) bond motifs is 1. The maximum absolute atomic E-state index is 11.4. The van der Waals surface area contributed by atoms with E-state index in [1.807, 2.05) is 13.8 Å². The van der Waals surface area contributed by atoms with Crippen LogP contribution in [0.25, 0.3) is 0 Å². The third kappa shape index (κ3) is 2.68. The van der Waals surface area contributed by atoms with Crippen LogP contribution in [0.3, 0.4) is 0 Å². The number of rotatable bonds is 3. The molecule has 1 aliphatic rings. The van der Waals surface area contributed by atoms with E-state index in [4.69, 9.17) is 15.2 Å². The second kappa shape index (κ2) is 4.25. The molecule has 0 saturated carbocycles. The molecule has 0 spiro atoms. The van der Waals surface area contributed by atoms with Crippen LogP contribution in [0.15, 0.2) is 18.2 Å². The number of nitrogens with one attached hydrogen (secondary N) is 1. The van der Waals surface area contributed by atoms with Gasteiger partial charge in [0.25, 0.3) is 0 Å². The molecule has 5 nitrogen and oxygen atoms in total. The summed E-state index contributed by atoms with van der Waals surface area (Å²) in [5.41, 5.74) is 5.99.